The van der Waals surface area contributed by atoms with Crippen LogP contribution >= 0.6 is 0 Å². The highest BCUT2D eigenvalue weighted by molar-refractivity contribution is 5.21. The minimum Gasteiger partial charge on any atom is -0.384 e. The largest absolute Gasteiger partial charge is 0.384 e. The van der Waals surface area contributed by atoms with E-state index in [9.17, 15) is 0 Å². The van der Waals surface area contributed by atoms with Gasteiger partial charge in [-0.25, -0.2) is 0 Å². The fourth-order valence-electron chi connectivity index (χ4n) is 0.689. The van der Waals surface area contributed by atoms with Crippen molar-refractivity contribution in [3.05, 3.63) is 23.8 Å². The van der Waals surface area contributed by atoms with E-state index in [4.69, 9.17) is 5.73 Å². The summed E-state index contributed by atoms with van der Waals surface area (Å²) >= 11 is 0. The number of nitrogens with zero attached hydrogens (tertiary/aromatic N) is 1. The molecule has 0 saturated carbocycles. The summed E-state index contributed by atoms with van der Waals surface area (Å²) in [6.45, 7) is 0. The van der Waals surface area contributed by atoms with Crippen LogP contribution in [0, 0.1) is 0 Å². The highest BCUT2D eigenvalue weighted by Crippen LogP contribution is 2.01. The van der Waals surface area contributed by atoms with Crippen LogP contribution in [0.4, 0.5) is 0 Å². The quantitative estimate of drug-likeness (QED) is 0.450. The monoisotopic (exact) mass is 140 g/mol. The van der Waals surface area contributed by atoms with Crippen LogP contribution < -0.4 is 16.6 Å². The Kier molecular flexibility index (Phi) is 1.71. The van der Waals surface area contributed by atoms with Gasteiger partial charge >= 0.3 is 0 Å². The Hall–Kier alpha value is -1.32. The molecule has 56 valence electrons. The van der Waals surface area contributed by atoms with Crippen molar-refractivity contribution in [1.82, 2.24) is 15.8 Å². The molecule has 10 heavy (non-hydrogen) atoms. The number of hydrogen-bond donors (Lipinski definition) is 3. The third-order valence-corrected chi connectivity index (χ3v) is 1.26. The molecular weight excluding hydrogens is 128 g/mol. The van der Waals surface area contributed by atoms with Crippen molar-refractivity contribution in [1.29, 1.82) is 0 Å². The van der Waals surface area contributed by atoms with Crippen LogP contribution in [0.25, 0.3) is 0 Å². The molecule has 4 N–H and O–H groups in total. The minimum absolute atomic E-state index is 0.631. The molecule has 0 amide bonds. The molecule has 0 fully saturated rings. The van der Waals surface area contributed by atoms with Crippen molar-refractivity contribution in [3.63, 3.8) is 0 Å². The van der Waals surface area contributed by atoms with E-state index >= 15 is 0 Å². The SMILES string of the molecule is CN(C)C1=CNNC(N)=C1. The van der Waals surface area contributed by atoms with Gasteiger partial charge in [-0.3, -0.25) is 5.43 Å². The van der Waals surface area contributed by atoms with Gasteiger partial charge in [0.05, 0.1) is 5.70 Å². The van der Waals surface area contributed by atoms with E-state index in [1.807, 2.05) is 31.3 Å². The van der Waals surface area contributed by atoms with Crippen LogP contribution in [-0.4, -0.2) is 19.0 Å². The Morgan fingerprint density at radius 1 is 1.50 bits per heavy atom. The molecule has 0 unspecified atom stereocenters. The Morgan fingerprint density at radius 3 is 2.60 bits per heavy atom. The zero-order valence-corrected chi connectivity index (χ0v) is 6.18. The number of nitrogens with one attached hydrogen (secondary N) is 2. The Balaban J connectivity index is 2.69. The van der Waals surface area contributed by atoms with Crippen LogP contribution in [0.3, 0.4) is 0 Å². The molecule has 1 aliphatic heterocycles. The summed E-state index contributed by atoms with van der Waals surface area (Å²) in [6.07, 6.45) is 3.70. The molecule has 0 aromatic carbocycles. The average molecular weight is 140 g/mol. The first-order chi connectivity index (χ1) is 4.70. The lowest BCUT2D eigenvalue weighted by Crippen LogP contribution is -2.35. The van der Waals surface area contributed by atoms with Gasteiger partial charge in [0.2, 0.25) is 0 Å². The summed E-state index contributed by atoms with van der Waals surface area (Å²) in [7, 11) is 3.92. The number of rotatable bonds is 1. The molecule has 0 atom stereocenters. The summed E-state index contributed by atoms with van der Waals surface area (Å²) < 4.78 is 0. The number of hydrazine groups is 1. The van der Waals surface area contributed by atoms with Gasteiger partial charge in [-0.2, -0.15) is 0 Å². The topological polar surface area (TPSA) is 53.3 Å². The maximum Gasteiger partial charge on any atom is 0.117 e. The molecule has 4 heteroatoms. The van der Waals surface area contributed by atoms with Crippen LogP contribution in [0.1, 0.15) is 0 Å². The second kappa shape index (κ2) is 2.51. The summed E-state index contributed by atoms with van der Waals surface area (Å²) in [5.74, 6) is 0.631. The predicted molar refractivity (Wildman–Crippen MR) is 40.3 cm³/mol. The highest BCUT2D eigenvalue weighted by atomic mass is 15.4. The van der Waals surface area contributed by atoms with Gasteiger partial charge in [0.1, 0.15) is 5.82 Å². The summed E-state index contributed by atoms with van der Waals surface area (Å²) in [5.41, 5.74) is 12.1. The second-order valence-corrected chi connectivity index (χ2v) is 2.33. The first kappa shape index (κ1) is 6.80. The summed E-state index contributed by atoms with van der Waals surface area (Å²) in [5, 5.41) is 0. The molecule has 0 aromatic heterocycles. The average Bonchev–Trinajstić information content (AvgIpc) is 1.88. The number of allylic oxidation sites excluding steroid dienone is 1. The van der Waals surface area contributed by atoms with Gasteiger partial charge in [0.25, 0.3) is 0 Å². The van der Waals surface area contributed by atoms with Crippen molar-refractivity contribution in [2.45, 2.75) is 0 Å². The number of nitrogens with two attached hydrogens (primary N) is 1. The van der Waals surface area contributed by atoms with Crippen LogP contribution in [0.2, 0.25) is 0 Å². The summed E-state index contributed by atoms with van der Waals surface area (Å²) in [6, 6.07) is 0. The lowest BCUT2D eigenvalue weighted by Gasteiger charge is -2.19. The summed E-state index contributed by atoms with van der Waals surface area (Å²) in [4.78, 5) is 1.97. The van der Waals surface area contributed by atoms with E-state index in [1.54, 1.807) is 0 Å². The third kappa shape index (κ3) is 1.34. The van der Waals surface area contributed by atoms with E-state index in [0.29, 0.717) is 5.82 Å². The first-order valence-corrected chi connectivity index (χ1v) is 3.06. The normalized spacial score (nSPS) is 16.2. The molecule has 1 rings (SSSR count). The van der Waals surface area contributed by atoms with E-state index in [0.717, 1.165) is 5.70 Å². The Labute approximate surface area is 60.3 Å². The maximum absolute atomic E-state index is 5.48. The molecule has 4 nitrogen and oxygen atoms in total. The molecule has 0 aromatic rings. The molecule has 1 aliphatic rings. The Bertz CT molecular complexity index is 180. The number of likely N-dealkylation sites (N-methyl/N-ethyl adjacent to an activating group) is 1. The molecular formula is C6H12N4. The predicted octanol–water partition coefficient (Wildman–Crippen LogP) is -0.703. The van der Waals surface area contributed by atoms with Gasteiger partial charge < -0.3 is 16.1 Å². The maximum atomic E-state index is 5.48. The smallest absolute Gasteiger partial charge is 0.117 e. The Morgan fingerprint density at radius 2 is 2.20 bits per heavy atom. The standard InChI is InChI=1S/C6H12N4/c1-10(2)5-3-6(7)9-8-4-5/h3-4,8-9H,7H2,1-2H3. The van der Waals surface area contributed by atoms with Crippen molar-refractivity contribution in [3.8, 4) is 0 Å². The van der Waals surface area contributed by atoms with Gasteiger partial charge in [-0.05, 0) is 0 Å². The van der Waals surface area contributed by atoms with Crippen molar-refractivity contribution in [2.75, 3.05) is 14.1 Å². The molecule has 0 radical (unpaired) electrons. The molecule has 0 bridgehead atoms. The fourth-order valence-corrected chi connectivity index (χ4v) is 0.689. The van der Waals surface area contributed by atoms with E-state index in [2.05, 4.69) is 10.9 Å². The molecule has 0 spiro atoms. The van der Waals surface area contributed by atoms with Crippen LogP contribution in [0.15, 0.2) is 23.8 Å². The highest BCUT2D eigenvalue weighted by Gasteiger charge is 2.00. The van der Waals surface area contributed by atoms with Crippen molar-refractivity contribution >= 4 is 0 Å². The van der Waals surface area contributed by atoms with E-state index in [1.165, 1.54) is 0 Å². The van der Waals surface area contributed by atoms with Gasteiger partial charge in [-0.1, -0.05) is 0 Å². The van der Waals surface area contributed by atoms with Crippen molar-refractivity contribution in [2.24, 2.45) is 5.73 Å². The molecule has 1 heterocycles. The van der Waals surface area contributed by atoms with E-state index < -0.39 is 0 Å². The lowest BCUT2D eigenvalue weighted by molar-refractivity contribution is 0.509. The zero-order chi connectivity index (χ0) is 7.56. The lowest BCUT2D eigenvalue weighted by atomic mass is 10.4. The minimum atomic E-state index is 0.631. The zero-order valence-electron chi connectivity index (χ0n) is 6.18. The molecule has 0 saturated heterocycles. The first-order valence-electron chi connectivity index (χ1n) is 3.06. The molecule has 0 aliphatic carbocycles. The fraction of sp³-hybridized carbons (Fsp3) is 0.333. The van der Waals surface area contributed by atoms with Crippen LogP contribution in [0.5, 0.6) is 0 Å². The van der Waals surface area contributed by atoms with Crippen molar-refractivity contribution < 1.29 is 0 Å². The second-order valence-electron chi connectivity index (χ2n) is 2.33. The van der Waals surface area contributed by atoms with Crippen LogP contribution in [-0.2, 0) is 0 Å². The van der Waals surface area contributed by atoms with Gasteiger partial charge in [0, 0.05) is 26.4 Å². The van der Waals surface area contributed by atoms with Gasteiger partial charge in [0.15, 0.2) is 0 Å². The van der Waals surface area contributed by atoms with Gasteiger partial charge in [-0.15, -0.1) is 0 Å². The third-order valence-electron chi connectivity index (χ3n) is 1.26. The van der Waals surface area contributed by atoms with E-state index in [-0.39, 0.29) is 0 Å². The number of hydrogen-bond acceptors (Lipinski definition) is 4.